The molecule has 7 heteroatoms. The molecule has 136 valence electrons. The predicted octanol–water partition coefficient (Wildman–Crippen LogP) is 3.04. The summed E-state index contributed by atoms with van der Waals surface area (Å²) in [7, 11) is -3.48. The minimum Gasteiger partial charge on any atom is -0.481 e. The van der Waals surface area contributed by atoms with Crippen molar-refractivity contribution in [1.29, 1.82) is 0 Å². The molecule has 0 bridgehead atoms. The Bertz CT molecular complexity index is 733. The van der Waals surface area contributed by atoms with Crippen molar-refractivity contribution in [2.75, 3.05) is 0 Å². The molecule has 1 saturated carbocycles. The number of hydrogen-bond donors (Lipinski definition) is 2. The van der Waals surface area contributed by atoms with Gasteiger partial charge in [0.25, 0.3) is 0 Å². The Balaban J connectivity index is 1.55. The van der Waals surface area contributed by atoms with E-state index >= 15 is 0 Å². The zero-order chi connectivity index (χ0) is 17.9. The SMILES string of the molecule is O=C(O)CCCC=CC[C@H]1[C@H]2S[C@H]2C[C@@H]1NS(=O)(=O)c1ccccc1. The second kappa shape index (κ2) is 7.93. The maximum Gasteiger partial charge on any atom is 0.303 e. The number of carboxylic acids is 1. The van der Waals surface area contributed by atoms with Crippen LogP contribution in [-0.4, -0.2) is 36.0 Å². The van der Waals surface area contributed by atoms with E-state index in [4.69, 9.17) is 5.11 Å². The molecule has 4 atom stereocenters. The highest BCUT2D eigenvalue weighted by molar-refractivity contribution is 8.07. The van der Waals surface area contributed by atoms with Crippen LogP contribution in [0.5, 0.6) is 0 Å². The van der Waals surface area contributed by atoms with Crippen molar-refractivity contribution in [1.82, 2.24) is 4.72 Å². The van der Waals surface area contributed by atoms with Crippen LogP contribution in [0.15, 0.2) is 47.4 Å². The fourth-order valence-electron chi connectivity index (χ4n) is 3.42. The van der Waals surface area contributed by atoms with Crippen LogP contribution in [0.1, 0.15) is 32.1 Å². The van der Waals surface area contributed by atoms with Gasteiger partial charge in [-0.05, 0) is 43.7 Å². The van der Waals surface area contributed by atoms with Gasteiger partial charge in [0.05, 0.1) is 4.90 Å². The van der Waals surface area contributed by atoms with Crippen molar-refractivity contribution in [2.24, 2.45) is 5.92 Å². The normalized spacial score (nSPS) is 28.2. The van der Waals surface area contributed by atoms with Crippen molar-refractivity contribution < 1.29 is 18.3 Å². The molecule has 0 amide bonds. The minimum absolute atomic E-state index is 0.0230. The highest BCUT2D eigenvalue weighted by Gasteiger charge is 2.54. The monoisotopic (exact) mass is 381 g/mol. The quantitative estimate of drug-likeness (QED) is 0.390. The number of allylic oxidation sites excluding steroid dienone is 2. The molecule has 1 aliphatic carbocycles. The molecule has 5 nitrogen and oxygen atoms in total. The molecule has 25 heavy (non-hydrogen) atoms. The summed E-state index contributed by atoms with van der Waals surface area (Å²) < 4.78 is 28.0. The number of carboxylic acid groups (broad SMARTS) is 1. The van der Waals surface area contributed by atoms with Gasteiger partial charge in [-0.2, -0.15) is 11.8 Å². The Morgan fingerprint density at radius 3 is 2.76 bits per heavy atom. The minimum atomic E-state index is -3.48. The smallest absolute Gasteiger partial charge is 0.303 e. The topological polar surface area (TPSA) is 83.5 Å². The number of sulfonamides is 1. The molecule has 1 saturated heterocycles. The summed E-state index contributed by atoms with van der Waals surface area (Å²) in [4.78, 5) is 10.8. The second-order valence-electron chi connectivity index (χ2n) is 6.57. The van der Waals surface area contributed by atoms with Gasteiger partial charge < -0.3 is 5.11 Å². The first-order valence-electron chi connectivity index (χ1n) is 8.57. The lowest BCUT2D eigenvalue weighted by molar-refractivity contribution is -0.137. The Labute approximate surface area is 152 Å². The van der Waals surface area contributed by atoms with Crippen LogP contribution in [0, 0.1) is 5.92 Å². The van der Waals surface area contributed by atoms with Crippen molar-refractivity contribution in [3.05, 3.63) is 42.5 Å². The molecule has 2 fully saturated rings. The fraction of sp³-hybridized carbons (Fsp3) is 0.500. The van der Waals surface area contributed by atoms with Crippen molar-refractivity contribution in [2.45, 2.75) is 53.5 Å². The zero-order valence-corrected chi connectivity index (χ0v) is 15.5. The van der Waals surface area contributed by atoms with Gasteiger partial charge in [-0.15, -0.1) is 0 Å². The van der Waals surface area contributed by atoms with E-state index in [0.717, 1.165) is 19.3 Å². The van der Waals surface area contributed by atoms with Gasteiger partial charge in [0, 0.05) is 23.0 Å². The summed E-state index contributed by atoms with van der Waals surface area (Å²) in [6.07, 6.45) is 7.40. The number of hydrogen-bond acceptors (Lipinski definition) is 4. The van der Waals surface area contributed by atoms with E-state index in [1.54, 1.807) is 30.3 Å². The molecule has 0 unspecified atom stereocenters. The summed E-state index contributed by atoms with van der Waals surface area (Å²) in [5, 5.41) is 9.75. The highest BCUT2D eigenvalue weighted by Crippen LogP contribution is 2.57. The Morgan fingerprint density at radius 2 is 2.04 bits per heavy atom. The van der Waals surface area contributed by atoms with E-state index < -0.39 is 16.0 Å². The van der Waals surface area contributed by atoms with Crippen LogP contribution in [0.3, 0.4) is 0 Å². The zero-order valence-electron chi connectivity index (χ0n) is 13.9. The van der Waals surface area contributed by atoms with E-state index in [-0.39, 0.29) is 12.5 Å². The average molecular weight is 382 g/mol. The van der Waals surface area contributed by atoms with Gasteiger partial charge in [-0.25, -0.2) is 13.1 Å². The number of nitrogens with one attached hydrogen (secondary N) is 1. The standard InChI is InChI=1S/C18H23NO4S2/c20-17(21)11-7-2-1-6-10-14-15(12-16-18(14)24-16)19-25(22,23)13-8-4-3-5-9-13/h1,3-6,8-9,14-16,18-19H,2,7,10-12H2,(H,20,21)/t14-,15+,16+,18-/m1/s1. The molecule has 3 rings (SSSR count). The lowest BCUT2D eigenvalue weighted by Crippen LogP contribution is -2.39. The van der Waals surface area contributed by atoms with Gasteiger partial charge in [0.2, 0.25) is 10.0 Å². The Hall–Kier alpha value is -1.31. The van der Waals surface area contributed by atoms with E-state index in [9.17, 15) is 13.2 Å². The number of fused-ring (bicyclic) bond motifs is 1. The van der Waals surface area contributed by atoms with Gasteiger partial charge in [0.1, 0.15) is 0 Å². The lowest BCUT2D eigenvalue weighted by Gasteiger charge is -2.22. The maximum absolute atomic E-state index is 12.5. The molecule has 1 aromatic carbocycles. The van der Waals surface area contributed by atoms with Crippen LogP contribution in [0.2, 0.25) is 0 Å². The molecular formula is C18H23NO4S2. The predicted molar refractivity (Wildman–Crippen MR) is 99.1 cm³/mol. The van der Waals surface area contributed by atoms with Gasteiger partial charge in [-0.1, -0.05) is 30.4 Å². The fourth-order valence-corrected chi connectivity index (χ4v) is 6.19. The van der Waals surface area contributed by atoms with Crippen molar-refractivity contribution in [3.63, 3.8) is 0 Å². The van der Waals surface area contributed by atoms with Crippen LogP contribution in [0.4, 0.5) is 0 Å². The molecule has 1 aromatic rings. The number of unbranched alkanes of at least 4 members (excludes halogenated alkanes) is 1. The van der Waals surface area contributed by atoms with Crippen LogP contribution in [-0.2, 0) is 14.8 Å². The van der Waals surface area contributed by atoms with E-state index in [0.29, 0.717) is 27.7 Å². The van der Waals surface area contributed by atoms with Crippen molar-refractivity contribution >= 4 is 27.8 Å². The molecule has 0 radical (unpaired) electrons. The number of aliphatic carboxylic acids is 1. The molecule has 0 spiro atoms. The average Bonchev–Trinajstić information content (AvgIpc) is 3.25. The third-order valence-electron chi connectivity index (χ3n) is 4.74. The molecular weight excluding hydrogens is 358 g/mol. The van der Waals surface area contributed by atoms with Gasteiger partial charge >= 0.3 is 5.97 Å². The Kier molecular flexibility index (Phi) is 5.86. The van der Waals surface area contributed by atoms with E-state index in [1.807, 2.05) is 17.8 Å². The second-order valence-corrected chi connectivity index (χ2v) is 9.71. The molecule has 1 heterocycles. The summed E-state index contributed by atoms with van der Waals surface area (Å²) in [5.41, 5.74) is 0. The number of carbonyl (C=O) groups is 1. The Morgan fingerprint density at radius 1 is 1.28 bits per heavy atom. The summed E-state index contributed by atoms with van der Waals surface area (Å²) in [6, 6.07) is 8.47. The number of thioether (sulfide) groups is 1. The highest BCUT2D eigenvalue weighted by atomic mass is 32.2. The summed E-state index contributed by atoms with van der Waals surface area (Å²) in [6.45, 7) is 0. The summed E-state index contributed by atoms with van der Waals surface area (Å²) in [5.74, 6) is -0.457. The van der Waals surface area contributed by atoms with Gasteiger partial charge in [0.15, 0.2) is 0 Å². The third kappa shape index (κ3) is 4.86. The van der Waals surface area contributed by atoms with Crippen LogP contribution in [0.25, 0.3) is 0 Å². The first-order chi connectivity index (χ1) is 12.0. The molecule has 2 N–H and O–H groups in total. The molecule has 1 aliphatic heterocycles. The number of benzene rings is 1. The lowest BCUT2D eigenvalue weighted by atomic mass is 9.99. The molecule has 2 aliphatic rings. The van der Waals surface area contributed by atoms with Crippen LogP contribution >= 0.6 is 11.8 Å². The van der Waals surface area contributed by atoms with E-state index in [1.165, 1.54) is 0 Å². The van der Waals surface area contributed by atoms with Gasteiger partial charge in [-0.3, -0.25) is 4.79 Å². The first kappa shape index (κ1) is 18.5. The van der Waals surface area contributed by atoms with Crippen molar-refractivity contribution in [3.8, 4) is 0 Å². The summed E-state index contributed by atoms with van der Waals surface area (Å²) >= 11 is 1.94. The largest absolute Gasteiger partial charge is 0.481 e. The molecule has 0 aromatic heterocycles. The van der Waals surface area contributed by atoms with Crippen LogP contribution < -0.4 is 4.72 Å². The maximum atomic E-state index is 12.5. The first-order valence-corrected chi connectivity index (χ1v) is 11.0. The third-order valence-corrected chi connectivity index (χ3v) is 7.76. The van der Waals surface area contributed by atoms with E-state index in [2.05, 4.69) is 10.8 Å². The number of rotatable bonds is 9.